The summed E-state index contributed by atoms with van der Waals surface area (Å²) in [4.78, 5) is 42.5. The van der Waals surface area contributed by atoms with E-state index >= 15 is 0 Å². The monoisotopic (exact) mass is 357 g/mol. The van der Waals surface area contributed by atoms with Gasteiger partial charge in [-0.25, -0.2) is 4.79 Å². The van der Waals surface area contributed by atoms with Crippen molar-refractivity contribution < 1.29 is 14.4 Å². The fourth-order valence-corrected chi connectivity index (χ4v) is 3.64. The molecule has 2 aliphatic rings. The molecule has 1 aromatic rings. The van der Waals surface area contributed by atoms with Gasteiger partial charge in [0.05, 0.1) is 0 Å². The van der Waals surface area contributed by atoms with Gasteiger partial charge in [-0.05, 0) is 38.8 Å². The van der Waals surface area contributed by atoms with E-state index in [1.807, 2.05) is 31.2 Å². The molecule has 6 nitrogen and oxygen atoms in total. The minimum atomic E-state index is -0.592. The van der Waals surface area contributed by atoms with Crippen LogP contribution in [0.2, 0.25) is 0 Å². The lowest BCUT2D eigenvalue weighted by Gasteiger charge is -2.26. The average Bonchev–Trinajstić information content (AvgIpc) is 2.79. The standard InChI is InChI=1S/C20H27N3O3/c1-15-8-10-17(11-9-15)23-16(2)19(25)22(20(23)26)14-18(24)21-12-6-4-3-5-7-13-21/h8-11,16H,3-7,12-14H2,1-2H3/t16-/m1/s1. The number of amides is 4. The Bertz CT molecular complexity index is 678. The van der Waals surface area contributed by atoms with Crippen molar-refractivity contribution in [2.45, 2.75) is 52.0 Å². The highest BCUT2D eigenvalue weighted by Gasteiger charge is 2.44. The Morgan fingerprint density at radius 2 is 1.58 bits per heavy atom. The third kappa shape index (κ3) is 3.74. The molecule has 2 fully saturated rings. The number of carbonyl (C=O) groups excluding carboxylic acids is 3. The summed E-state index contributed by atoms with van der Waals surface area (Å²) in [7, 11) is 0. The molecule has 2 saturated heterocycles. The van der Waals surface area contributed by atoms with Gasteiger partial charge in [-0.3, -0.25) is 19.4 Å². The van der Waals surface area contributed by atoms with Crippen LogP contribution >= 0.6 is 0 Å². The number of benzene rings is 1. The van der Waals surface area contributed by atoms with E-state index in [9.17, 15) is 14.4 Å². The SMILES string of the molecule is Cc1ccc(N2C(=O)N(CC(=O)N3CCCCCCC3)C(=O)[C@H]2C)cc1. The van der Waals surface area contributed by atoms with Gasteiger partial charge in [0.25, 0.3) is 5.91 Å². The summed E-state index contributed by atoms with van der Waals surface area (Å²) >= 11 is 0. The molecule has 3 rings (SSSR count). The lowest BCUT2D eigenvalue weighted by atomic mass is 10.1. The fourth-order valence-electron chi connectivity index (χ4n) is 3.64. The van der Waals surface area contributed by atoms with Gasteiger partial charge < -0.3 is 4.90 Å². The number of rotatable bonds is 3. The molecule has 0 unspecified atom stereocenters. The Hall–Kier alpha value is -2.37. The zero-order chi connectivity index (χ0) is 18.7. The van der Waals surface area contributed by atoms with Crippen molar-refractivity contribution in [1.29, 1.82) is 0 Å². The topological polar surface area (TPSA) is 60.9 Å². The molecule has 1 atom stereocenters. The maximum absolute atomic E-state index is 12.8. The van der Waals surface area contributed by atoms with Crippen LogP contribution in [0.5, 0.6) is 0 Å². The molecule has 0 radical (unpaired) electrons. The molecule has 0 bridgehead atoms. The average molecular weight is 357 g/mol. The summed E-state index contributed by atoms with van der Waals surface area (Å²) < 4.78 is 0. The third-order valence-corrected chi connectivity index (χ3v) is 5.26. The number of hydrogen-bond donors (Lipinski definition) is 0. The minimum absolute atomic E-state index is 0.133. The Kier molecular flexibility index (Phi) is 5.59. The molecule has 4 amide bonds. The fraction of sp³-hybridized carbons (Fsp3) is 0.550. The number of likely N-dealkylation sites (tertiary alicyclic amines) is 1. The molecule has 1 aromatic carbocycles. The van der Waals surface area contributed by atoms with Crippen molar-refractivity contribution in [3.8, 4) is 0 Å². The normalized spacial score (nSPS) is 21.8. The van der Waals surface area contributed by atoms with Gasteiger partial charge in [0.15, 0.2) is 0 Å². The van der Waals surface area contributed by atoms with Crippen LogP contribution in [0.1, 0.15) is 44.6 Å². The van der Waals surface area contributed by atoms with Crippen LogP contribution in [0, 0.1) is 6.92 Å². The van der Waals surface area contributed by atoms with Gasteiger partial charge in [-0.2, -0.15) is 0 Å². The zero-order valence-electron chi connectivity index (χ0n) is 15.6. The number of aryl methyl sites for hydroxylation is 1. The van der Waals surface area contributed by atoms with Gasteiger partial charge in [0, 0.05) is 18.8 Å². The van der Waals surface area contributed by atoms with E-state index in [0.717, 1.165) is 36.1 Å². The predicted octanol–water partition coefficient (Wildman–Crippen LogP) is 2.94. The van der Waals surface area contributed by atoms with E-state index in [4.69, 9.17) is 0 Å². The first-order valence-electron chi connectivity index (χ1n) is 9.48. The highest BCUT2D eigenvalue weighted by Crippen LogP contribution is 2.26. The first-order chi connectivity index (χ1) is 12.5. The van der Waals surface area contributed by atoms with Gasteiger partial charge in [-0.1, -0.05) is 37.0 Å². The van der Waals surface area contributed by atoms with E-state index in [2.05, 4.69) is 0 Å². The first-order valence-corrected chi connectivity index (χ1v) is 9.48. The number of nitrogens with zero attached hydrogens (tertiary/aromatic N) is 3. The van der Waals surface area contributed by atoms with Crippen molar-refractivity contribution in [1.82, 2.24) is 9.80 Å². The van der Waals surface area contributed by atoms with Crippen LogP contribution in [-0.2, 0) is 9.59 Å². The van der Waals surface area contributed by atoms with Crippen LogP contribution in [0.15, 0.2) is 24.3 Å². The van der Waals surface area contributed by atoms with Crippen molar-refractivity contribution in [2.24, 2.45) is 0 Å². The Labute approximate surface area is 154 Å². The van der Waals surface area contributed by atoms with Gasteiger partial charge in [-0.15, -0.1) is 0 Å². The molecule has 26 heavy (non-hydrogen) atoms. The van der Waals surface area contributed by atoms with E-state index < -0.39 is 12.1 Å². The highest BCUT2D eigenvalue weighted by molar-refractivity contribution is 6.15. The minimum Gasteiger partial charge on any atom is -0.341 e. The van der Waals surface area contributed by atoms with E-state index in [1.54, 1.807) is 11.8 Å². The van der Waals surface area contributed by atoms with Crippen LogP contribution in [-0.4, -0.2) is 53.3 Å². The number of urea groups is 1. The lowest BCUT2D eigenvalue weighted by Crippen LogP contribution is -2.44. The first kappa shape index (κ1) is 18.4. The van der Waals surface area contributed by atoms with Crippen molar-refractivity contribution in [2.75, 3.05) is 24.5 Å². The number of carbonyl (C=O) groups is 3. The van der Waals surface area contributed by atoms with Crippen LogP contribution in [0.3, 0.4) is 0 Å². The van der Waals surface area contributed by atoms with Crippen molar-refractivity contribution in [3.63, 3.8) is 0 Å². The van der Waals surface area contributed by atoms with E-state index in [-0.39, 0.29) is 18.4 Å². The molecule has 0 aromatic heterocycles. The van der Waals surface area contributed by atoms with Gasteiger partial charge >= 0.3 is 6.03 Å². The molecule has 0 aliphatic carbocycles. The Morgan fingerprint density at radius 1 is 1.00 bits per heavy atom. The molecule has 2 aliphatic heterocycles. The van der Waals surface area contributed by atoms with Crippen LogP contribution in [0.25, 0.3) is 0 Å². The third-order valence-electron chi connectivity index (χ3n) is 5.26. The van der Waals surface area contributed by atoms with Gasteiger partial charge in [0.2, 0.25) is 5.91 Å². The molecule has 2 heterocycles. The molecular weight excluding hydrogens is 330 g/mol. The predicted molar refractivity (Wildman–Crippen MR) is 99.9 cm³/mol. The van der Waals surface area contributed by atoms with Crippen LogP contribution in [0.4, 0.5) is 10.5 Å². The van der Waals surface area contributed by atoms with Gasteiger partial charge in [0.1, 0.15) is 12.6 Å². The molecule has 0 saturated carbocycles. The Morgan fingerprint density at radius 3 is 2.19 bits per heavy atom. The summed E-state index contributed by atoms with van der Waals surface area (Å²) in [5.41, 5.74) is 1.77. The summed E-state index contributed by atoms with van der Waals surface area (Å²) in [5.74, 6) is -0.442. The number of anilines is 1. The van der Waals surface area contributed by atoms with Crippen molar-refractivity contribution in [3.05, 3.63) is 29.8 Å². The molecule has 0 spiro atoms. The molecule has 0 N–H and O–H groups in total. The highest BCUT2D eigenvalue weighted by atomic mass is 16.2. The summed E-state index contributed by atoms with van der Waals surface area (Å²) in [6, 6.07) is 6.49. The number of hydrogen-bond acceptors (Lipinski definition) is 3. The van der Waals surface area contributed by atoms with E-state index in [0.29, 0.717) is 18.8 Å². The second kappa shape index (κ2) is 7.89. The van der Waals surface area contributed by atoms with Crippen LogP contribution < -0.4 is 4.90 Å². The maximum Gasteiger partial charge on any atom is 0.332 e. The maximum atomic E-state index is 12.8. The second-order valence-electron chi connectivity index (χ2n) is 7.24. The molecule has 6 heteroatoms. The molecular formula is C20H27N3O3. The number of imide groups is 1. The summed E-state index contributed by atoms with van der Waals surface area (Å²) in [5, 5.41) is 0. The zero-order valence-corrected chi connectivity index (χ0v) is 15.6. The smallest absolute Gasteiger partial charge is 0.332 e. The van der Waals surface area contributed by atoms with E-state index in [1.165, 1.54) is 11.3 Å². The summed E-state index contributed by atoms with van der Waals surface area (Å²) in [6.07, 6.45) is 5.44. The quantitative estimate of drug-likeness (QED) is 0.782. The molecule has 140 valence electrons. The second-order valence-corrected chi connectivity index (χ2v) is 7.24. The van der Waals surface area contributed by atoms with Crippen molar-refractivity contribution >= 4 is 23.5 Å². The lowest BCUT2D eigenvalue weighted by molar-refractivity contribution is -0.137. The summed E-state index contributed by atoms with van der Waals surface area (Å²) in [6.45, 7) is 4.95. The Balaban J connectivity index is 1.71. The largest absolute Gasteiger partial charge is 0.341 e.